The van der Waals surface area contributed by atoms with Gasteiger partial charge in [0, 0.05) is 18.6 Å². The first-order valence-corrected chi connectivity index (χ1v) is 4.04. The maximum absolute atomic E-state index is 5.50. The molecular formula is C9H12ClNO. The summed E-state index contributed by atoms with van der Waals surface area (Å²) >= 11 is 0. The van der Waals surface area contributed by atoms with Gasteiger partial charge < -0.3 is 17.1 Å². The van der Waals surface area contributed by atoms with E-state index in [2.05, 4.69) is 17.0 Å². The smallest absolute Gasteiger partial charge is 0.262 e. The highest BCUT2D eigenvalue weighted by molar-refractivity contribution is 4.83. The third kappa shape index (κ3) is 1.96. The lowest BCUT2D eigenvalue weighted by Crippen LogP contribution is -3.00. The van der Waals surface area contributed by atoms with Gasteiger partial charge in [-0.05, 0) is 6.42 Å². The molecule has 0 radical (unpaired) electrons. The van der Waals surface area contributed by atoms with E-state index in [9.17, 15) is 0 Å². The van der Waals surface area contributed by atoms with E-state index in [0.29, 0.717) is 0 Å². The van der Waals surface area contributed by atoms with Crippen molar-refractivity contribution in [1.29, 1.82) is 0 Å². The molecule has 1 aromatic heterocycles. The Labute approximate surface area is 78.6 Å². The zero-order valence-corrected chi connectivity index (χ0v) is 7.57. The average Bonchev–Trinajstić information content (AvgIpc) is 2.58. The second-order valence-electron chi connectivity index (χ2n) is 2.79. The van der Waals surface area contributed by atoms with Gasteiger partial charge in [0.05, 0.1) is 6.61 Å². The van der Waals surface area contributed by atoms with Crippen LogP contribution < -0.4 is 17.0 Å². The molecule has 2 heterocycles. The highest BCUT2D eigenvalue weighted by Crippen LogP contribution is 2.15. The maximum Gasteiger partial charge on any atom is 0.262 e. The molecule has 1 aliphatic rings. The molecule has 1 aromatic rings. The molecule has 0 aromatic carbocycles. The van der Waals surface area contributed by atoms with Crippen molar-refractivity contribution >= 4 is 0 Å². The molecule has 2 nitrogen and oxygen atoms in total. The minimum atomic E-state index is 0. The van der Waals surface area contributed by atoms with Gasteiger partial charge in [-0.15, -0.1) is 0 Å². The number of hydrogen-bond acceptors (Lipinski definition) is 1. The Morgan fingerprint density at radius 3 is 2.50 bits per heavy atom. The number of aromatic nitrogens is 1. The molecule has 1 atom stereocenters. The predicted octanol–water partition coefficient (Wildman–Crippen LogP) is -1.71. The fourth-order valence-electron chi connectivity index (χ4n) is 1.40. The van der Waals surface area contributed by atoms with Crippen LogP contribution in [0, 0.1) is 0 Å². The molecule has 1 unspecified atom stereocenters. The van der Waals surface area contributed by atoms with Crippen molar-refractivity contribution < 1.29 is 21.7 Å². The van der Waals surface area contributed by atoms with Gasteiger partial charge in [0.25, 0.3) is 6.23 Å². The number of hydrogen-bond donors (Lipinski definition) is 0. The lowest BCUT2D eigenvalue weighted by Gasteiger charge is -2.01. The van der Waals surface area contributed by atoms with E-state index in [1.54, 1.807) is 0 Å². The lowest BCUT2D eigenvalue weighted by atomic mass is 10.3. The lowest BCUT2D eigenvalue weighted by molar-refractivity contribution is -0.757. The van der Waals surface area contributed by atoms with Crippen molar-refractivity contribution in [2.75, 3.05) is 6.61 Å². The summed E-state index contributed by atoms with van der Waals surface area (Å²) in [4.78, 5) is 0. The van der Waals surface area contributed by atoms with Gasteiger partial charge in [-0.1, -0.05) is 6.07 Å². The van der Waals surface area contributed by atoms with Gasteiger partial charge in [-0.3, -0.25) is 0 Å². The molecule has 2 rings (SSSR count). The first kappa shape index (κ1) is 9.49. The molecule has 0 N–H and O–H groups in total. The average molecular weight is 186 g/mol. The SMILES string of the molecule is [Cl-].c1cc[n+](C2CCCO2)cc1. The molecule has 1 aliphatic heterocycles. The van der Waals surface area contributed by atoms with Gasteiger partial charge >= 0.3 is 0 Å². The second kappa shape index (κ2) is 4.43. The summed E-state index contributed by atoms with van der Waals surface area (Å²) in [5.41, 5.74) is 0. The number of halogens is 1. The van der Waals surface area contributed by atoms with Crippen molar-refractivity contribution in [3.05, 3.63) is 30.6 Å². The first-order valence-electron chi connectivity index (χ1n) is 4.04. The van der Waals surface area contributed by atoms with Crippen molar-refractivity contribution in [2.45, 2.75) is 19.1 Å². The van der Waals surface area contributed by atoms with Crippen LogP contribution in [0.5, 0.6) is 0 Å². The van der Waals surface area contributed by atoms with Gasteiger partial charge in [-0.2, -0.15) is 4.57 Å². The molecule has 0 spiro atoms. The molecule has 0 bridgehead atoms. The van der Waals surface area contributed by atoms with Crippen molar-refractivity contribution in [3.63, 3.8) is 0 Å². The Morgan fingerprint density at radius 1 is 1.17 bits per heavy atom. The minimum absolute atomic E-state index is 0. The molecule has 0 amide bonds. The van der Waals surface area contributed by atoms with Gasteiger partial charge in [-0.25, -0.2) is 0 Å². The molecule has 12 heavy (non-hydrogen) atoms. The summed E-state index contributed by atoms with van der Waals surface area (Å²) in [6.45, 7) is 0.909. The molecule has 0 aliphatic carbocycles. The Balaban J connectivity index is 0.000000720. The monoisotopic (exact) mass is 185 g/mol. The first-order chi connectivity index (χ1) is 5.47. The van der Waals surface area contributed by atoms with Gasteiger partial charge in [0.1, 0.15) is 0 Å². The van der Waals surface area contributed by atoms with Crippen LogP contribution >= 0.6 is 0 Å². The van der Waals surface area contributed by atoms with E-state index >= 15 is 0 Å². The second-order valence-corrected chi connectivity index (χ2v) is 2.79. The van der Waals surface area contributed by atoms with Crippen LogP contribution in [0.15, 0.2) is 30.6 Å². The Bertz CT molecular complexity index is 221. The number of ether oxygens (including phenoxy) is 1. The fraction of sp³-hybridized carbons (Fsp3) is 0.444. The van der Waals surface area contributed by atoms with Crippen molar-refractivity contribution in [2.24, 2.45) is 0 Å². The van der Waals surface area contributed by atoms with E-state index < -0.39 is 0 Å². The minimum Gasteiger partial charge on any atom is -1.00 e. The quantitative estimate of drug-likeness (QED) is 0.475. The normalized spacial score (nSPS) is 21.8. The summed E-state index contributed by atoms with van der Waals surface area (Å²) in [6.07, 6.45) is 6.73. The Hall–Kier alpha value is -0.600. The third-order valence-corrected chi connectivity index (χ3v) is 1.98. The summed E-state index contributed by atoms with van der Waals surface area (Å²) < 4.78 is 7.62. The largest absolute Gasteiger partial charge is 1.00 e. The Morgan fingerprint density at radius 2 is 1.92 bits per heavy atom. The zero-order valence-electron chi connectivity index (χ0n) is 6.82. The molecule has 0 saturated carbocycles. The van der Waals surface area contributed by atoms with Gasteiger partial charge in [0.15, 0.2) is 12.4 Å². The summed E-state index contributed by atoms with van der Waals surface area (Å²) in [5.74, 6) is 0. The van der Waals surface area contributed by atoms with E-state index in [1.807, 2.05) is 18.2 Å². The summed E-state index contributed by atoms with van der Waals surface area (Å²) in [6, 6.07) is 6.08. The number of pyridine rings is 1. The van der Waals surface area contributed by atoms with E-state index in [0.717, 1.165) is 13.0 Å². The van der Waals surface area contributed by atoms with Gasteiger partial charge in [0.2, 0.25) is 0 Å². The van der Waals surface area contributed by atoms with Crippen LogP contribution in [0.3, 0.4) is 0 Å². The van der Waals surface area contributed by atoms with Crippen LogP contribution in [0.25, 0.3) is 0 Å². The fourth-order valence-corrected chi connectivity index (χ4v) is 1.40. The van der Waals surface area contributed by atoms with Crippen LogP contribution in [-0.4, -0.2) is 6.61 Å². The Kier molecular flexibility index (Phi) is 3.50. The maximum atomic E-state index is 5.50. The summed E-state index contributed by atoms with van der Waals surface area (Å²) in [5, 5.41) is 0. The number of rotatable bonds is 1. The number of nitrogens with zero attached hydrogens (tertiary/aromatic N) is 1. The molecular weight excluding hydrogens is 174 g/mol. The third-order valence-electron chi connectivity index (χ3n) is 1.98. The predicted molar refractivity (Wildman–Crippen MR) is 40.9 cm³/mol. The standard InChI is InChI=1S/C9H12NO.ClH/c1-2-6-10(7-3-1)9-5-4-8-11-9;/h1-3,6-7,9H,4-5,8H2;1H/q+1;/p-1. The van der Waals surface area contributed by atoms with Crippen LogP contribution in [0.1, 0.15) is 19.1 Å². The van der Waals surface area contributed by atoms with E-state index in [-0.39, 0.29) is 18.6 Å². The molecule has 1 saturated heterocycles. The van der Waals surface area contributed by atoms with E-state index in [4.69, 9.17) is 4.74 Å². The highest BCUT2D eigenvalue weighted by Gasteiger charge is 2.22. The summed E-state index contributed by atoms with van der Waals surface area (Å²) in [7, 11) is 0. The van der Waals surface area contributed by atoms with Crippen LogP contribution in [-0.2, 0) is 4.74 Å². The topological polar surface area (TPSA) is 13.1 Å². The molecule has 3 heteroatoms. The van der Waals surface area contributed by atoms with Crippen LogP contribution in [0.2, 0.25) is 0 Å². The molecule has 66 valence electrons. The van der Waals surface area contributed by atoms with Crippen molar-refractivity contribution in [1.82, 2.24) is 0 Å². The zero-order chi connectivity index (χ0) is 7.52. The van der Waals surface area contributed by atoms with Crippen LogP contribution in [0.4, 0.5) is 0 Å². The van der Waals surface area contributed by atoms with E-state index in [1.165, 1.54) is 6.42 Å². The van der Waals surface area contributed by atoms with Crippen molar-refractivity contribution in [3.8, 4) is 0 Å². The molecule has 1 fully saturated rings. The highest BCUT2D eigenvalue weighted by atomic mass is 35.5.